The van der Waals surface area contributed by atoms with Crippen LogP contribution in [0.3, 0.4) is 0 Å². The highest BCUT2D eigenvalue weighted by atomic mass is 16.7. The fourth-order valence-electron chi connectivity index (χ4n) is 6.80. The first kappa shape index (κ1) is 40.4. The number of cyclic esters (lactones) is 1. The molecule has 3 rings (SSSR count). The van der Waals surface area contributed by atoms with Crippen molar-refractivity contribution in [2.24, 2.45) is 23.7 Å². The molecule has 0 aromatic heterocycles. The van der Waals surface area contributed by atoms with E-state index in [2.05, 4.69) is 0 Å². The Morgan fingerprint density at radius 2 is 1.58 bits per heavy atom. The first-order valence-corrected chi connectivity index (χ1v) is 17.3. The molecule has 12 heteroatoms. The van der Waals surface area contributed by atoms with Gasteiger partial charge in [-0.3, -0.25) is 4.79 Å². The molecule has 0 spiro atoms. The van der Waals surface area contributed by atoms with Gasteiger partial charge in [0, 0.05) is 37.0 Å². The summed E-state index contributed by atoms with van der Waals surface area (Å²) in [5, 5.41) is 31.9. The summed E-state index contributed by atoms with van der Waals surface area (Å²) in [7, 11) is 5.24. The minimum atomic E-state index is -1.21. The number of carbonyl (C=O) groups excluding carboxylic acids is 2. The zero-order valence-electron chi connectivity index (χ0n) is 30.0. The van der Waals surface area contributed by atoms with Crippen LogP contribution in [0.4, 0.5) is 0 Å². The molecule has 0 saturated carbocycles. The summed E-state index contributed by atoms with van der Waals surface area (Å²) in [5.41, 5.74) is 0. The number of likely N-dealkylation sites (N-methyl/N-ethyl adjacent to an activating group) is 1. The van der Waals surface area contributed by atoms with Crippen LogP contribution in [0.15, 0.2) is 36.5 Å². The molecule has 3 aliphatic heterocycles. The van der Waals surface area contributed by atoms with E-state index in [1.54, 1.807) is 25.2 Å². The average Bonchev–Trinajstić information content (AvgIpc) is 3.04. The predicted octanol–water partition coefficient (Wildman–Crippen LogP) is 2.78. The number of ketones is 1. The van der Waals surface area contributed by atoms with Gasteiger partial charge < -0.3 is 48.6 Å². The Morgan fingerprint density at radius 1 is 0.875 bits per heavy atom. The van der Waals surface area contributed by atoms with E-state index in [1.165, 1.54) is 19.3 Å². The third kappa shape index (κ3) is 10.7. The quantitative estimate of drug-likeness (QED) is 0.323. The lowest BCUT2D eigenvalue weighted by molar-refractivity contribution is -0.300. The van der Waals surface area contributed by atoms with Gasteiger partial charge in [0.15, 0.2) is 18.4 Å². The topological polar surface area (TPSA) is 153 Å². The van der Waals surface area contributed by atoms with Gasteiger partial charge in [0.05, 0.1) is 24.9 Å². The smallest absolute Gasteiger partial charge is 0.330 e. The molecule has 0 radical (unpaired) electrons. The molecule has 274 valence electrons. The van der Waals surface area contributed by atoms with Crippen molar-refractivity contribution in [3.8, 4) is 0 Å². The molecule has 0 aliphatic carbocycles. The molecular weight excluding hydrogens is 622 g/mol. The lowest BCUT2D eigenvalue weighted by Gasteiger charge is -2.43. The van der Waals surface area contributed by atoms with Crippen molar-refractivity contribution in [1.29, 1.82) is 0 Å². The van der Waals surface area contributed by atoms with Crippen LogP contribution in [-0.2, 0) is 38.0 Å². The van der Waals surface area contributed by atoms with Crippen molar-refractivity contribution in [3.05, 3.63) is 36.5 Å². The van der Waals surface area contributed by atoms with Gasteiger partial charge in [0.1, 0.15) is 30.5 Å². The van der Waals surface area contributed by atoms with Crippen LogP contribution < -0.4 is 0 Å². The predicted molar refractivity (Wildman–Crippen MR) is 179 cm³/mol. The van der Waals surface area contributed by atoms with Gasteiger partial charge in [0.25, 0.3) is 0 Å². The second-order valence-electron chi connectivity index (χ2n) is 13.9. The van der Waals surface area contributed by atoms with Gasteiger partial charge in [-0.2, -0.15) is 0 Å². The van der Waals surface area contributed by atoms with Gasteiger partial charge in [-0.05, 0) is 59.2 Å². The van der Waals surface area contributed by atoms with E-state index in [0.717, 1.165) is 0 Å². The van der Waals surface area contributed by atoms with Crippen LogP contribution >= 0.6 is 0 Å². The molecule has 15 unspecified atom stereocenters. The highest BCUT2D eigenvalue weighted by molar-refractivity contribution is 5.91. The largest absolute Gasteiger partial charge is 0.459 e. The fraction of sp³-hybridized carbons (Fsp3) is 0.778. The van der Waals surface area contributed by atoms with Gasteiger partial charge in [0.2, 0.25) is 0 Å². The first-order valence-electron chi connectivity index (χ1n) is 17.3. The van der Waals surface area contributed by atoms with E-state index in [9.17, 15) is 24.9 Å². The SMILES string of the molecule is CCC1OC(=O)C=CC(C)C(OC2OC(C)CC(N(C)C)C2O)C(C)CC(C)C(=O)C=CC=CC1COC1OC(C)C(O)C(O)C1OC. The highest BCUT2D eigenvalue weighted by Crippen LogP contribution is 2.32. The third-order valence-electron chi connectivity index (χ3n) is 9.78. The summed E-state index contributed by atoms with van der Waals surface area (Å²) < 4.78 is 35.7. The number of aliphatic hydroxyl groups is 3. The number of allylic oxidation sites excluding steroid dienone is 3. The number of hydrogen-bond acceptors (Lipinski definition) is 12. The Labute approximate surface area is 286 Å². The number of methoxy groups -OCH3 is 1. The van der Waals surface area contributed by atoms with Crippen LogP contribution in [0.1, 0.15) is 60.8 Å². The summed E-state index contributed by atoms with van der Waals surface area (Å²) in [6.45, 7) is 11.4. The third-order valence-corrected chi connectivity index (χ3v) is 9.78. The summed E-state index contributed by atoms with van der Waals surface area (Å²) >= 11 is 0. The van der Waals surface area contributed by atoms with Crippen molar-refractivity contribution in [2.45, 2.75) is 128 Å². The van der Waals surface area contributed by atoms with E-state index >= 15 is 0 Å². The van der Waals surface area contributed by atoms with Crippen LogP contribution in [0, 0.1) is 23.7 Å². The van der Waals surface area contributed by atoms with Gasteiger partial charge in [-0.15, -0.1) is 0 Å². The van der Waals surface area contributed by atoms with Crippen LogP contribution in [0.2, 0.25) is 0 Å². The second kappa shape index (κ2) is 18.8. The maximum absolute atomic E-state index is 13.2. The number of rotatable bonds is 8. The molecule has 0 bridgehead atoms. The van der Waals surface area contributed by atoms with Crippen LogP contribution in [0.25, 0.3) is 0 Å². The summed E-state index contributed by atoms with van der Waals surface area (Å²) in [6, 6.07) is -0.146. The van der Waals surface area contributed by atoms with Gasteiger partial charge >= 0.3 is 5.97 Å². The van der Waals surface area contributed by atoms with E-state index < -0.39 is 67.2 Å². The number of aliphatic hydroxyl groups excluding tert-OH is 3. The summed E-state index contributed by atoms with van der Waals surface area (Å²) in [4.78, 5) is 28.3. The number of nitrogens with zero attached hydrogens (tertiary/aromatic N) is 1. The maximum atomic E-state index is 13.2. The average molecular weight is 682 g/mol. The zero-order valence-corrected chi connectivity index (χ0v) is 30.0. The fourth-order valence-corrected chi connectivity index (χ4v) is 6.80. The molecule has 2 saturated heterocycles. The molecule has 0 amide bonds. The number of esters is 1. The van der Waals surface area contributed by atoms with Crippen molar-refractivity contribution in [1.82, 2.24) is 4.90 Å². The van der Waals surface area contributed by atoms with E-state index in [-0.39, 0.29) is 42.3 Å². The van der Waals surface area contributed by atoms with Gasteiger partial charge in [-0.25, -0.2) is 4.79 Å². The number of hydrogen-bond donors (Lipinski definition) is 3. The number of ether oxygens (including phenoxy) is 6. The van der Waals surface area contributed by atoms with E-state index in [4.69, 9.17) is 28.4 Å². The molecule has 0 aromatic carbocycles. The van der Waals surface area contributed by atoms with Crippen molar-refractivity contribution in [3.63, 3.8) is 0 Å². The lowest BCUT2D eigenvalue weighted by Crippen LogP contribution is -2.58. The highest BCUT2D eigenvalue weighted by Gasteiger charge is 2.44. The Morgan fingerprint density at radius 3 is 2.23 bits per heavy atom. The Kier molecular flexibility index (Phi) is 15.9. The lowest BCUT2D eigenvalue weighted by atomic mass is 9.84. The van der Waals surface area contributed by atoms with Crippen molar-refractivity contribution >= 4 is 11.8 Å². The van der Waals surface area contributed by atoms with E-state index in [0.29, 0.717) is 19.3 Å². The normalized spacial score (nSPS) is 42.2. The Balaban J connectivity index is 1.85. The molecule has 48 heavy (non-hydrogen) atoms. The van der Waals surface area contributed by atoms with Crippen molar-refractivity contribution < 1.29 is 53.3 Å². The van der Waals surface area contributed by atoms with Crippen LogP contribution in [0.5, 0.6) is 0 Å². The second-order valence-corrected chi connectivity index (χ2v) is 13.9. The molecule has 12 nitrogen and oxygen atoms in total. The summed E-state index contributed by atoms with van der Waals surface area (Å²) in [5.74, 6) is -1.73. The Hall–Kier alpha value is -2.00. The minimum absolute atomic E-state index is 0.0397. The monoisotopic (exact) mass is 681 g/mol. The molecular formula is C36H59NO11. The van der Waals surface area contributed by atoms with Crippen LogP contribution in [-0.4, -0.2) is 127 Å². The van der Waals surface area contributed by atoms with Crippen molar-refractivity contribution in [2.75, 3.05) is 27.8 Å². The minimum Gasteiger partial charge on any atom is -0.459 e. The number of carbonyl (C=O) groups is 2. The van der Waals surface area contributed by atoms with E-state index in [1.807, 2.05) is 59.7 Å². The van der Waals surface area contributed by atoms with Gasteiger partial charge in [-0.1, -0.05) is 52.0 Å². The molecule has 2 fully saturated rings. The molecule has 0 aromatic rings. The Bertz CT molecular complexity index is 1110. The summed E-state index contributed by atoms with van der Waals surface area (Å²) in [6.07, 6.45) is 3.67. The molecule has 3 heterocycles. The first-order chi connectivity index (χ1) is 22.7. The molecule has 3 N–H and O–H groups in total. The maximum Gasteiger partial charge on any atom is 0.330 e. The standard InChI is InChI=1S/C36H59NO11/c1-10-28-25(19-44-36-34(43-9)32(42)30(40)24(6)46-36)13-11-12-14-27(38)21(3)17-22(4)33(20(2)15-16-29(39)47-28)48-35-31(41)26(37(7)8)18-23(5)45-35/h11-16,20-26,28,30-36,40-42H,10,17-19H2,1-9H3. The molecule has 3 aliphatic rings. The molecule has 15 atom stereocenters. The zero-order chi connectivity index (χ0) is 35.7.